The zero-order valence-corrected chi connectivity index (χ0v) is 9.27. The van der Waals surface area contributed by atoms with Gasteiger partial charge >= 0.3 is 0 Å². The first-order chi connectivity index (χ1) is 7.70. The third-order valence-corrected chi connectivity index (χ3v) is 2.27. The van der Waals surface area contributed by atoms with Crippen molar-refractivity contribution in [3.05, 3.63) is 36.2 Å². The third-order valence-electron chi connectivity index (χ3n) is 2.27. The number of methoxy groups -OCH3 is 1. The summed E-state index contributed by atoms with van der Waals surface area (Å²) in [6.07, 6.45) is 3.17. The van der Waals surface area contributed by atoms with Crippen LogP contribution in [0.4, 0.5) is 5.69 Å². The monoisotopic (exact) mass is 215 g/mol. The van der Waals surface area contributed by atoms with Crippen LogP contribution in [0.25, 0.3) is 11.4 Å². The van der Waals surface area contributed by atoms with E-state index in [1.54, 1.807) is 19.5 Å². The summed E-state index contributed by atoms with van der Waals surface area (Å²) in [7, 11) is 1.63. The van der Waals surface area contributed by atoms with Crippen LogP contribution in [-0.2, 0) is 0 Å². The van der Waals surface area contributed by atoms with E-state index in [0.717, 1.165) is 16.9 Å². The molecule has 1 aromatic carbocycles. The highest BCUT2D eigenvalue weighted by Crippen LogP contribution is 2.28. The quantitative estimate of drug-likeness (QED) is 0.832. The topological polar surface area (TPSA) is 61.0 Å². The van der Waals surface area contributed by atoms with Gasteiger partial charge in [0.1, 0.15) is 5.75 Å². The molecule has 2 rings (SSSR count). The van der Waals surface area contributed by atoms with Gasteiger partial charge in [0.2, 0.25) is 0 Å². The summed E-state index contributed by atoms with van der Waals surface area (Å²) >= 11 is 0. The van der Waals surface area contributed by atoms with Gasteiger partial charge in [-0.2, -0.15) is 0 Å². The van der Waals surface area contributed by atoms with Crippen molar-refractivity contribution in [1.29, 1.82) is 0 Å². The number of nitrogen functional groups attached to an aromatic ring is 1. The van der Waals surface area contributed by atoms with E-state index in [4.69, 9.17) is 10.5 Å². The van der Waals surface area contributed by atoms with Gasteiger partial charge in [-0.15, -0.1) is 0 Å². The van der Waals surface area contributed by atoms with Crippen molar-refractivity contribution in [2.24, 2.45) is 0 Å². The Morgan fingerprint density at radius 2 is 1.88 bits per heavy atom. The fourth-order valence-corrected chi connectivity index (χ4v) is 1.47. The van der Waals surface area contributed by atoms with E-state index in [2.05, 4.69) is 9.97 Å². The molecule has 82 valence electrons. The van der Waals surface area contributed by atoms with Crippen molar-refractivity contribution >= 4 is 5.69 Å². The van der Waals surface area contributed by atoms with E-state index in [1.807, 2.05) is 25.1 Å². The van der Waals surface area contributed by atoms with Crippen LogP contribution in [0.1, 0.15) is 5.56 Å². The molecule has 0 saturated carbocycles. The smallest absolute Gasteiger partial charge is 0.163 e. The fourth-order valence-electron chi connectivity index (χ4n) is 1.47. The molecule has 16 heavy (non-hydrogen) atoms. The maximum absolute atomic E-state index is 5.55. The number of anilines is 1. The average molecular weight is 215 g/mol. The van der Waals surface area contributed by atoms with Crippen LogP contribution in [0, 0.1) is 6.92 Å². The minimum Gasteiger partial charge on any atom is -0.496 e. The highest BCUT2D eigenvalue weighted by molar-refractivity contribution is 5.65. The molecule has 0 unspecified atom stereocenters. The van der Waals surface area contributed by atoms with Gasteiger partial charge in [-0.05, 0) is 19.1 Å². The van der Waals surface area contributed by atoms with E-state index in [0.29, 0.717) is 11.5 Å². The predicted molar refractivity (Wildman–Crippen MR) is 63.2 cm³/mol. The number of hydrogen-bond donors (Lipinski definition) is 1. The molecule has 0 atom stereocenters. The molecule has 2 N–H and O–H groups in total. The second-order valence-corrected chi connectivity index (χ2v) is 3.54. The molecule has 0 bridgehead atoms. The Balaban J connectivity index is 2.53. The summed E-state index contributed by atoms with van der Waals surface area (Å²) in [4.78, 5) is 8.36. The van der Waals surface area contributed by atoms with Gasteiger partial charge in [-0.25, -0.2) is 9.97 Å². The molecule has 0 radical (unpaired) electrons. The Bertz CT molecular complexity index is 494. The first-order valence-electron chi connectivity index (χ1n) is 4.93. The van der Waals surface area contributed by atoms with Crippen molar-refractivity contribution in [1.82, 2.24) is 9.97 Å². The predicted octanol–water partition coefficient (Wildman–Crippen LogP) is 2.04. The Morgan fingerprint density at radius 3 is 2.50 bits per heavy atom. The summed E-state index contributed by atoms with van der Waals surface area (Å²) in [5.74, 6) is 1.38. The number of aryl methyl sites for hydroxylation is 1. The molecule has 0 aliphatic heterocycles. The molecular formula is C12H13N3O. The van der Waals surface area contributed by atoms with Crippen LogP contribution in [0.3, 0.4) is 0 Å². The lowest BCUT2D eigenvalue weighted by molar-refractivity contribution is 0.416. The molecule has 4 nitrogen and oxygen atoms in total. The van der Waals surface area contributed by atoms with Crippen LogP contribution >= 0.6 is 0 Å². The number of nitrogens with zero attached hydrogens (tertiary/aromatic N) is 2. The molecule has 0 fully saturated rings. The van der Waals surface area contributed by atoms with E-state index in [9.17, 15) is 0 Å². The van der Waals surface area contributed by atoms with E-state index in [1.165, 1.54) is 0 Å². The summed E-state index contributed by atoms with van der Waals surface area (Å²) in [6, 6.07) is 5.88. The van der Waals surface area contributed by atoms with Crippen LogP contribution in [0.5, 0.6) is 5.75 Å². The molecule has 2 aromatic rings. The van der Waals surface area contributed by atoms with Gasteiger partial charge in [-0.1, -0.05) is 11.6 Å². The zero-order chi connectivity index (χ0) is 11.5. The molecule has 4 heteroatoms. The largest absolute Gasteiger partial charge is 0.496 e. The van der Waals surface area contributed by atoms with Crippen molar-refractivity contribution < 1.29 is 4.74 Å². The highest BCUT2D eigenvalue weighted by atomic mass is 16.5. The highest BCUT2D eigenvalue weighted by Gasteiger charge is 2.08. The van der Waals surface area contributed by atoms with E-state index < -0.39 is 0 Å². The summed E-state index contributed by atoms with van der Waals surface area (Å²) < 4.78 is 5.27. The molecule has 0 spiro atoms. The van der Waals surface area contributed by atoms with Crippen molar-refractivity contribution in [3.8, 4) is 17.1 Å². The molecule has 1 heterocycles. The second-order valence-electron chi connectivity index (χ2n) is 3.54. The lowest BCUT2D eigenvalue weighted by Gasteiger charge is -2.08. The van der Waals surface area contributed by atoms with Crippen LogP contribution in [0.15, 0.2) is 30.6 Å². The summed E-state index contributed by atoms with van der Waals surface area (Å²) in [5.41, 5.74) is 8.11. The Hall–Kier alpha value is -2.10. The Morgan fingerprint density at radius 1 is 1.19 bits per heavy atom. The van der Waals surface area contributed by atoms with Crippen LogP contribution < -0.4 is 10.5 Å². The SMILES string of the molecule is COc1ccc(C)cc1-c1ncc(N)cn1. The molecule has 0 aliphatic rings. The van der Waals surface area contributed by atoms with Crippen LogP contribution in [0.2, 0.25) is 0 Å². The molecule has 0 aliphatic carbocycles. The van der Waals surface area contributed by atoms with Gasteiger partial charge in [0.05, 0.1) is 30.8 Å². The minimum absolute atomic E-state index is 0.551. The lowest BCUT2D eigenvalue weighted by Crippen LogP contribution is -1.95. The first kappa shape index (κ1) is 10.4. The third kappa shape index (κ3) is 1.95. The van der Waals surface area contributed by atoms with Gasteiger partial charge < -0.3 is 10.5 Å². The summed E-state index contributed by atoms with van der Waals surface area (Å²) in [5, 5.41) is 0. The number of rotatable bonds is 2. The van der Waals surface area contributed by atoms with Crippen molar-refractivity contribution in [2.45, 2.75) is 6.92 Å². The number of ether oxygens (including phenoxy) is 1. The van der Waals surface area contributed by atoms with E-state index in [-0.39, 0.29) is 0 Å². The standard InChI is InChI=1S/C12H13N3O/c1-8-3-4-11(16-2)10(5-8)12-14-6-9(13)7-15-12/h3-7H,13H2,1-2H3. The number of aromatic nitrogens is 2. The molecule has 0 saturated heterocycles. The first-order valence-corrected chi connectivity index (χ1v) is 4.93. The summed E-state index contributed by atoms with van der Waals surface area (Å²) in [6.45, 7) is 2.01. The minimum atomic E-state index is 0.551. The number of hydrogen-bond acceptors (Lipinski definition) is 4. The Kier molecular flexibility index (Phi) is 2.72. The normalized spacial score (nSPS) is 10.1. The maximum atomic E-state index is 5.55. The maximum Gasteiger partial charge on any atom is 0.163 e. The molecule has 0 amide bonds. The lowest BCUT2D eigenvalue weighted by atomic mass is 10.1. The van der Waals surface area contributed by atoms with Gasteiger partial charge in [0.25, 0.3) is 0 Å². The number of benzene rings is 1. The van der Waals surface area contributed by atoms with E-state index >= 15 is 0 Å². The molecule has 1 aromatic heterocycles. The number of nitrogens with two attached hydrogens (primary N) is 1. The fraction of sp³-hybridized carbons (Fsp3) is 0.167. The second kappa shape index (κ2) is 4.18. The van der Waals surface area contributed by atoms with Gasteiger partial charge in [-0.3, -0.25) is 0 Å². The van der Waals surface area contributed by atoms with Crippen molar-refractivity contribution in [2.75, 3.05) is 12.8 Å². The average Bonchev–Trinajstić information content (AvgIpc) is 2.30. The Labute approximate surface area is 94.1 Å². The van der Waals surface area contributed by atoms with Gasteiger partial charge in [0.15, 0.2) is 5.82 Å². The van der Waals surface area contributed by atoms with Gasteiger partial charge in [0, 0.05) is 0 Å². The molecular weight excluding hydrogens is 202 g/mol. The van der Waals surface area contributed by atoms with Crippen molar-refractivity contribution in [3.63, 3.8) is 0 Å². The van der Waals surface area contributed by atoms with Crippen LogP contribution in [-0.4, -0.2) is 17.1 Å². The zero-order valence-electron chi connectivity index (χ0n) is 9.27.